The van der Waals surface area contributed by atoms with Gasteiger partial charge in [0, 0.05) is 0 Å². The number of hydrogen-bond acceptors (Lipinski definition) is 14. The van der Waals surface area contributed by atoms with Gasteiger partial charge >= 0.3 is 13.3 Å². The molecular formula is C12H19BO14. The molecule has 0 amide bonds. The van der Waals surface area contributed by atoms with Gasteiger partial charge in [-0.1, -0.05) is 0 Å². The Labute approximate surface area is 151 Å². The van der Waals surface area contributed by atoms with Gasteiger partial charge in [-0.25, -0.2) is 0 Å². The molecule has 14 nitrogen and oxygen atoms in total. The quantitative estimate of drug-likeness (QED) is 0.202. The van der Waals surface area contributed by atoms with Crippen LogP contribution in [0.2, 0.25) is 0 Å². The first-order chi connectivity index (χ1) is 12.6. The molecule has 4 saturated heterocycles. The number of hydrogen-bond donors (Lipinski definition) is 8. The van der Waals surface area contributed by atoms with Gasteiger partial charge in [0.15, 0.2) is 0 Å². The molecule has 4 aliphatic rings. The molecule has 4 rings (SSSR count). The van der Waals surface area contributed by atoms with E-state index in [1.807, 2.05) is 0 Å². The minimum atomic E-state index is -3.04. The van der Waals surface area contributed by atoms with Crippen molar-refractivity contribution in [2.24, 2.45) is 0 Å². The monoisotopic (exact) mass is 398 g/mol. The molecule has 4 aliphatic heterocycles. The van der Waals surface area contributed by atoms with Crippen LogP contribution in [-0.2, 0) is 28.2 Å². The highest BCUT2D eigenvalue weighted by Gasteiger charge is 2.89. The molecule has 1 unspecified atom stereocenters. The molecule has 0 saturated carbocycles. The van der Waals surface area contributed by atoms with Gasteiger partial charge in [-0.2, -0.15) is 0 Å². The molecule has 15 heteroatoms. The van der Waals surface area contributed by atoms with Gasteiger partial charge < -0.3 is 64.3 Å². The van der Waals surface area contributed by atoms with Gasteiger partial charge in [-0.05, 0) is 0 Å². The van der Waals surface area contributed by atoms with Crippen LogP contribution in [0.25, 0.3) is 0 Å². The Balaban J connectivity index is 1.74. The van der Waals surface area contributed by atoms with Crippen LogP contribution in [0.15, 0.2) is 0 Å². The van der Waals surface area contributed by atoms with E-state index in [2.05, 4.69) is 0 Å². The Kier molecular flexibility index (Phi) is 4.40. The number of fused-ring (bicyclic) bond motifs is 1. The summed E-state index contributed by atoms with van der Waals surface area (Å²) in [5.41, 5.74) is 0. The number of ether oxygens (including phenoxy) is 3. The van der Waals surface area contributed by atoms with E-state index in [1.165, 1.54) is 0 Å². The average molecular weight is 398 g/mol. The molecule has 4 heterocycles. The summed E-state index contributed by atoms with van der Waals surface area (Å²) in [5, 5.41) is 80.2. The highest BCUT2D eigenvalue weighted by molar-refractivity contribution is 6.38. The zero-order valence-corrected chi connectivity index (χ0v) is 13.6. The van der Waals surface area contributed by atoms with E-state index in [4.69, 9.17) is 28.2 Å². The number of aliphatic hydroxyl groups excluding tert-OH is 6. The summed E-state index contributed by atoms with van der Waals surface area (Å²) >= 11 is 0. The predicted octanol–water partition coefficient (Wildman–Crippen LogP) is -6.35. The lowest BCUT2D eigenvalue weighted by atomic mass is 9.89. The first kappa shape index (κ1) is 19.8. The van der Waals surface area contributed by atoms with E-state index in [1.54, 1.807) is 0 Å². The summed E-state index contributed by atoms with van der Waals surface area (Å²) in [6.45, 7) is -2.77. The van der Waals surface area contributed by atoms with Crippen LogP contribution in [0, 0.1) is 0 Å². The SMILES string of the molecule is OC[C@H]1OC(CO)(O[C@@]23OB4O[C@@]2(O)[C@](O)(O4)[C@H](O)[C@@H](CO)O3)[C@@H](O)[C@@H]1O. The van der Waals surface area contributed by atoms with Crippen LogP contribution in [0.3, 0.4) is 0 Å². The summed E-state index contributed by atoms with van der Waals surface area (Å²) in [6.07, 6.45) is -8.67. The Morgan fingerprint density at radius 1 is 0.852 bits per heavy atom. The van der Waals surface area contributed by atoms with Crippen LogP contribution in [0.5, 0.6) is 0 Å². The maximum absolute atomic E-state index is 10.8. The van der Waals surface area contributed by atoms with Gasteiger partial charge in [-0.15, -0.1) is 0 Å². The van der Waals surface area contributed by atoms with Crippen LogP contribution in [-0.4, -0.2) is 122 Å². The summed E-state index contributed by atoms with van der Waals surface area (Å²) < 4.78 is 30.8. The van der Waals surface area contributed by atoms with Crippen molar-refractivity contribution < 1.29 is 69.0 Å². The zero-order chi connectivity index (χ0) is 19.8. The Morgan fingerprint density at radius 3 is 2.04 bits per heavy atom. The normalized spacial score (nSPS) is 56.9. The van der Waals surface area contributed by atoms with Crippen LogP contribution in [0.4, 0.5) is 0 Å². The summed E-state index contributed by atoms with van der Waals surface area (Å²) in [7, 11) is -1.79. The number of aliphatic hydroxyl groups is 8. The Hall–Kier alpha value is -0.495. The maximum Gasteiger partial charge on any atom is 0.648 e. The second kappa shape index (κ2) is 6.00. The average Bonchev–Trinajstić information content (AvgIpc) is 3.17. The largest absolute Gasteiger partial charge is 0.648 e. The Bertz CT molecular complexity index is 611. The van der Waals surface area contributed by atoms with Crippen molar-refractivity contribution in [3.05, 3.63) is 0 Å². The molecule has 0 aromatic heterocycles. The van der Waals surface area contributed by atoms with Gasteiger partial charge in [0.2, 0.25) is 11.6 Å². The molecule has 0 aromatic carbocycles. The van der Waals surface area contributed by atoms with Crippen molar-refractivity contribution in [1.82, 2.24) is 0 Å². The minimum Gasteiger partial charge on any atom is -0.394 e. The predicted molar refractivity (Wildman–Crippen MR) is 74.5 cm³/mol. The van der Waals surface area contributed by atoms with Crippen molar-refractivity contribution >= 4 is 7.32 Å². The fourth-order valence-corrected chi connectivity index (χ4v) is 3.65. The van der Waals surface area contributed by atoms with Crippen LogP contribution in [0.1, 0.15) is 0 Å². The summed E-state index contributed by atoms with van der Waals surface area (Å²) in [5.74, 6) is -11.3. The molecule has 0 aromatic rings. The van der Waals surface area contributed by atoms with Crippen LogP contribution >= 0.6 is 0 Å². The van der Waals surface area contributed by atoms with Gasteiger partial charge in [0.05, 0.1) is 13.2 Å². The van der Waals surface area contributed by atoms with E-state index in [0.717, 1.165) is 0 Å². The lowest BCUT2D eigenvalue weighted by molar-refractivity contribution is -0.563. The summed E-state index contributed by atoms with van der Waals surface area (Å²) in [4.78, 5) is 0. The second-order valence-electron chi connectivity index (χ2n) is 6.67. The van der Waals surface area contributed by atoms with Crippen molar-refractivity contribution in [3.63, 3.8) is 0 Å². The van der Waals surface area contributed by atoms with E-state index in [-0.39, 0.29) is 0 Å². The van der Waals surface area contributed by atoms with Crippen molar-refractivity contribution in [2.45, 2.75) is 53.9 Å². The molecule has 0 radical (unpaired) electrons. The van der Waals surface area contributed by atoms with Crippen molar-refractivity contribution in [2.75, 3.05) is 19.8 Å². The lowest BCUT2D eigenvalue weighted by Crippen LogP contribution is -2.81. The molecule has 9 atom stereocenters. The van der Waals surface area contributed by atoms with Gasteiger partial charge in [-0.3, -0.25) is 4.74 Å². The van der Waals surface area contributed by atoms with E-state index in [9.17, 15) is 40.9 Å². The van der Waals surface area contributed by atoms with Crippen LogP contribution < -0.4 is 0 Å². The van der Waals surface area contributed by atoms with Gasteiger partial charge in [0.25, 0.3) is 5.79 Å². The molecule has 4 fully saturated rings. The second-order valence-corrected chi connectivity index (χ2v) is 6.67. The lowest BCUT2D eigenvalue weighted by Gasteiger charge is -2.55. The first-order valence-corrected chi connectivity index (χ1v) is 8.03. The molecule has 0 spiro atoms. The van der Waals surface area contributed by atoms with E-state index < -0.39 is 81.0 Å². The fourth-order valence-electron chi connectivity index (χ4n) is 3.65. The topological polar surface area (TPSA) is 217 Å². The van der Waals surface area contributed by atoms with E-state index >= 15 is 0 Å². The molecule has 27 heavy (non-hydrogen) atoms. The van der Waals surface area contributed by atoms with Crippen molar-refractivity contribution in [1.29, 1.82) is 0 Å². The third-order valence-corrected chi connectivity index (χ3v) is 5.15. The molecule has 0 aliphatic carbocycles. The minimum absolute atomic E-state index is 0.757. The maximum atomic E-state index is 10.8. The molecular weight excluding hydrogens is 379 g/mol. The van der Waals surface area contributed by atoms with Gasteiger partial charge in [0.1, 0.15) is 37.1 Å². The van der Waals surface area contributed by atoms with E-state index in [0.29, 0.717) is 0 Å². The third-order valence-electron chi connectivity index (χ3n) is 5.15. The highest BCUT2D eigenvalue weighted by atomic mass is 17.0. The van der Waals surface area contributed by atoms with Crippen molar-refractivity contribution in [3.8, 4) is 0 Å². The highest BCUT2D eigenvalue weighted by Crippen LogP contribution is 2.58. The molecule has 154 valence electrons. The zero-order valence-electron chi connectivity index (χ0n) is 13.6. The Morgan fingerprint density at radius 2 is 1.52 bits per heavy atom. The molecule has 8 N–H and O–H groups in total. The fraction of sp³-hybridized carbons (Fsp3) is 1.00. The standard InChI is InChI=1S/C12H19BO14/c14-1-4-6(17)8(19)9(3-16,22-4)24-12-11(21)10(20,25-13(26-11)27-12)7(18)5(2-15)23-12/h4-8,14-21H,1-3H2/t4-,5-,6-,7-,8+,9?,10-,11+,12-/m1/s1. The number of rotatable bonds is 5. The smallest absolute Gasteiger partial charge is 0.394 e. The first-order valence-electron chi connectivity index (χ1n) is 8.03. The summed E-state index contributed by atoms with van der Waals surface area (Å²) in [6, 6.07) is 0. The third kappa shape index (κ3) is 2.23. The molecule has 2 bridgehead atoms.